The number of aryl methyl sites for hydroxylation is 4. The van der Waals surface area contributed by atoms with Crippen LogP contribution in [0, 0.1) is 0 Å². The van der Waals surface area contributed by atoms with E-state index in [1.807, 2.05) is 42.9 Å². The second kappa shape index (κ2) is 17.9. The second-order valence-electron chi connectivity index (χ2n) is 16.8. The molecule has 0 aliphatic heterocycles. The number of benzene rings is 7. The Morgan fingerprint density at radius 3 is 1.40 bits per heavy atom. The summed E-state index contributed by atoms with van der Waals surface area (Å²) >= 11 is 0. The monoisotopic (exact) mass is 834 g/mol. The zero-order valence-electron chi connectivity index (χ0n) is 36.1. The fourth-order valence-corrected chi connectivity index (χ4v) is 9.22. The summed E-state index contributed by atoms with van der Waals surface area (Å²) in [4.78, 5) is 14.1. The van der Waals surface area contributed by atoms with Gasteiger partial charge in [0.1, 0.15) is 0 Å². The van der Waals surface area contributed by atoms with Crippen molar-refractivity contribution in [2.75, 3.05) is 0 Å². The van der Waals surface area contributed by atoms with Crippen molar-refractivity contribution >= 4 is 21.8 Å². The van der Waals surface area contributed by atoms with Gasteiger partial charge in [-0.15, -0.1) is 0 Å². The molecule has 0 saturated heterocycles. The first-order chi connectivity index (χ1) is 32.2. The normalized spacial score (nSPS) is 11.3. The summed E-state index contributed by atoms with van der Waals surface area (Å²) in [7, 11) is 0. The minimum absolute atomic E-state index is 0.945. The molecular formula is C61H46N4. The van der Waals surface area contributed by atoms with Crippen LogP contribution in [0.3, 0.4) is 0 Å². The van der Waals surface area contributed by atoms with Crippen molar-refractivity contribution in [2.24, 2.45) is 0 Å². The number of rotatable bonds is 12. The summed E-state index contributed by atoms with van der Waals surface area (Å²) in [5.74, 6) is 0. The van der Waals surface area contributed by atoms with Crippen LogP contribution in [0.15, 0.2) is 231 Å². The maximum atomic E-state index is 5.03. The predicted molar refractivity (Wildman–Crippen MR) is 269 cm³/mol. The molecule has 11 aromatic rings. The van der Waals surface area contributed by atoms with Crippen LogP contribution in [0.25, 0.3) is 83.5 Å². The maximum absolute atomic E-state index is 5.03. The predicted octanol–water partition coefficient (Wildman–Crippen LogP) is 14.9. The lowest BCUT2D eigenvalue weighted by molar-refractivity contribution is 0.931. The quantitative estimate of drug-likeness (QED) is 0.123. The van der Waals surface area contributed by atoms with Crippen molar-refractivity contribution in [3.8, 4) is 61.7 Å². The molecule has 4 heterocycles. The zero-order valence-corrected chi connectivity index (χ0v) is 36.1. The van der Waals surface area contributed by atoms with E-state index < -0.39 is 0 Å². The van der Waals surface area contributed by atoms with Gasteiger partial charge in [0.25, 0.3) is 0 Å². The average molecular weight is 835 g/mol. The van der Waals surface area contributed by atoms with E-state index >= 15 is 0 Å². The number of pyridine rings is 3. The molecule has 7 aromatic carbocycles. The van der Waals surface area contributed by atoms with E-state index in [0.717, 1.165) is 70.7 Å². The fourth-order valence-electron chi connectivity index (χ4n) is 9.22. The highest BCUT2D eigenvalue weighted by Gasteiger charge is 2.15. The second-order valence-corrected chi connectivity index (χ2v) is 16.8. The van der Waals surface area contributed by atoms with Gasteiger partial charge in [-0.25, -0.2) is 0 Å². The van der Waals surface area contributed by atoms with E-state index in [2.05, 4.69) is 203 Å². The highest BCUT2D eigenvalue weighted by atomic mass is 15.0. The minimum atomic E-state index is 0.945. The fraction of sp³-hybridized carbons (Fsp3) is 0.0656. The van der Waals surface area contributed by atoms with Gasteiger partial charge in [0.05, 0.1) is 34.3 Å². The van der Waals surface area contributed by atoms with Crippen molar-refractivity contribution < 1.29 is 0 Å². The number of nitrogens with zero attached hydrogens (tertiary/aromatic N) is 4. The summed E-state index contributed by atoms with van der Waals surface area (Å²) in [6, 6.07) is 76.3. The Hall–Kier alpha value is -8.21. The van der Waals surface area contributed by atoms with Gasteiger partial charge < -0.3 is 4.57 Å². The topological polar surface area (TPSA) is 43.6 Å². The number of fused-ring (bicyclic) bond motifs is 3. The molecule has 65 heavy (non-hydrogen) atoms. The molecule has 0 fully saturated rings. The van der Waals surface area contributed by atoms with Crippen LogP contribution in [0.2, 0.25) is 0 Å². The SMILES string of the molecule is c1ccc(-n2c3ccccc3c3cc(-c4ccc(-c5ccccc5-c5cc(CCc6ccc(-c7ccccn7)cc6)cc(CCc6ccc(-c7ccccn7)cc6)c5)cc4)ncc32)cc1. The molecule has 0 aliphatic rings. The molecular weight excluding hydrogens is 789 g/mol. The average Bonchev–Trinajstić information content (AvgIpc) is 3.72. The van der Waals surface area contributed by atoms with Crippen molar-refractivity contribution in [3.05, 3.63) is 253 Å². The maximum Gasteiger partial charge on any atom is 0.0724 e. The number of aromatic nitrogens is 4. The summed E-state index contributed by atoms with van der Waals surface area (Å²) in [5.41, 5.74) is 19.9. The first-order valence-electron chi connectivity index (χ1n) is 22.5. The molecule has 0 radical (unpaired) electrons. The number of para-hydroxylation sites is 2. The molecule has 0 unspecified atom stereocenters. The Morgan fingerprint density at radius 2 is 0.800 bits per heavy atom. The molecule has 0 spiro atoms. The molecule has 0 aliphatic carbocycles. The van der Waals surface area contributed by atoms with E-state index in [9.17, 15) is 0 Å². The van der Waals surface area contributed by atoms with Crippen LogP contribution < -0.4 is 0 Å². The molecule has 4 heteroatoms. The molecule has 4 aromatic heterocycles. The van der Waals surface area contributed by atoms with Gasteiger partial charge in [-0.3, -0.25) is 15.0 Å². The molecule has 0 saturated carbocycles. The van der Waals surface area contributed by atoms with Gasteiger partial charge in [-0.2, -0.15) is 0 Å². The Bertz CT molecular complexity index is 3270. The van der Waals surface area contributed by atoms with Gasteiger partial charge >= 0.3 is 0 Å². The summed E-state index contributed by atoms with van der Waals surface area (Å²) in [5, 5.41) is 2.42. The minimum Gasteiger partial charge on any atom is -0.308 e. The zero-order chi connectivity index (χ0) is 43.4. The molecule has 4 nitrogen and oxygen atoms in total. The van der Waals surface area contributed by atoms with E-state index in [4.69, 9.17) is 4.98 Å². The third kappa shape index (κ3) is 8.38. The van der Waals surface area contributed by atoms with Crippen molar-refractivity contribution in [3.63, 3.8) is 0 Å². The standard InChI is InChI=1S/C61H46N4/c1-2-12-52(13-3-1)65-60-19-7-6-16-55(60)56-41-59(64-42-61(56)65)50-34-32-47(33-35-50)53-14-4-5-15-54(53)51-39-45(22-20-43-24-28-48(29-25-43)57-17-8-10-36-62-57)38-46(40-51)23-21-44-26-30-49(31-27-44)58-18-9-11-37-63-58/h1-19,24-42H,20-23H2. The highest BCUT2D eigenvalue weighted by molar-refractivity contribution is 6.10. The summed E-state index contributed by atoms with van der Waals surface area (Å²) < 4.78 is 2.31. The molecule has 0 bridgehead atoms. The van der Waals surface area contributed by atoms with Crippen molar-refractivity contribution in [1.29, 1.82) is 0 Å². The van der Waals surface area contributed by atoms with Crippen LogP contribution in [0.5, 0.6) is 0 Å². The number of hydrogen-bond donors (Lipinski definition) is 0. The molecule has 0 atom stereocenters. The summed E-state index contributed by atoms with van der Waals surface area (Å²) in [6.45, 7) is 0. The lowest BCUT2D eigenvalue weighted by atomic mass is 9.90. The lowest BCUT2D eigenvalue weighted by Gasteiger charge is -2.15. The Kier molecular flexibility index (Phi) is 10.9. The Balaban J connectivity index is 0.894. The third-order valence-electron chi connectivity index (χ3n) is 12.6. The largest absolute Gasteiger partial charge is 0.308 e. The molecule has 11 rings (SSSR count). The summed E-state index contributed by atoms with van der Waals surface area (Å²) in [6.07, 6.45) is 9.53. The van der Waals surface area contributed by atoms with E-state index in [0.29, 0.717) is 0 Å². The molecule has 310 valence electrons. The van der Waals surface area contributed by atoms with Crippen molar-refractivity contribution in [2.45, 2.75) is 25.7 Å². The third-order valence-corrected chi connectivity index (χ3v) is 12.6. The highest BCUT2D eigenvalue weighted by Crippen LogP contribution is 2.37. The van der Waals surface area contributed by atoms with Gasteiger partial charge in [-0.05, 0) is 119 Å². The number of hydrogen-bond acceptors (Lipinski definition) is 3. The van der Waals surface area contributed by atoms with E-state index in [-0.39, 0.29) is 0 Å². The smallest absolute Gasteiger partial charge is 0.0724 e. The first-order valence-corrected chi connectivity index (χ1v) is 22.5. The molecule has 0 amide bonds. The lowest BCUT2D eigenvalue weighted by Crippen LogP contribution is -1.98. The van der Waals surface area contributed by atoms with E-state index in [1.54, 1.807) is 0 Å². The van der Waals surface area contributed by atoms with Crippen LogP contribution in [-0.4, -0.2) is 19.5 Å². The van der Waals surface area contributed by atoms with Gasteiger partial charge in [0.15, 0.2) is 0 Å². The first kappa shape index (κ1) is 39.6. The van der Waals surface area contributed by atoms with Crippen molar-refractivity contribution in [1.82, 2.24) is 19.5 Å². The van der Waals surface area contributed by atoms with Crippen LogP contribution in [0.1, 0.15) is 22.3 Å². The Morgan fingerprint density at radius 1 is 0.308 bits per heavy atom. The van der Waals surface area contributed by atoms with Gasteiger partial charge in [0.2, 0.25) is 0 Å². The molecule has 0 N–H and O–H groups in total. The van der Waals surface area contributed by atoms with E-state index in [1.165, 1.54) is 60.8 Å². The Labute approximate surface area is 380 Å². The van der Waals surface area contributed by atoms with Crippen LogP contribution >= 0.6 is 0 Å². The van der Waals surface area contributed by atoms with Gasteiger partial charge in [0, 0.05) is 45.5 Å². The van der Waals surface area contributed by atoms with Gasteiger partial charge in [-0.1, -0.05) is 164 Å². The van der Waals surface area contributed by atoms with Crippen LogP contribution in [-0.2, 0) is 25.7 Å². The van der Waals surface area contributed by atoms with Crippen LogP contribution in [0.4, 0.5) is 0 Å².